The summed E-state index contributed by atoms with van der Waals surface area (Å²) in [6.07, 6.45) is -5.31. The minimum Gasteiger partial charge on any atom is -0.387 e. The number of carbonyl (C=O) groups is 2. The van der Waals surface area contributed by atoms with Gasteiger partial charge in [-0.2, -0.15) is 0 Å². The van der Waals surface area contributed by atoms with E-state index in [-0.39, 0.29) is 12.3 Å². The van der Waals surface area contributed by atoms with Gasteiger partial charge in [0.05, 0.1) is 0 Å². The van der Waals surface area contributed by atoms with Crippen LogP contribution < -0.4 is 5.32 Å². The van der Waals surface area contributed by atoms with Crippen molar-refractivity contribution < 1.29 is 30.0 Å². The van der Waals surface area contributed by atoms with E-state index in [2.05, 4.69) is 11.9 Å². The number of nitrogens with zero attached hydrogens (tertiary/aromatic N) is 1. The first kappa shape index (κ1) is 16.2. The van der Waals surface area contributed by atoms with E-state index in [9.17, 15) is 30.0 Å². The second-order valence-electron chi connectivity index (χ2n) is 4.94. The molecule has 0 unspecified atom stereocenters. The van der Waals surface area contributed by atoms with Gasteiger partial charge in [-0.15, -0.1) is 18.3 Å². The van der Waals surface area contributed by atoms with Crippen molar-refractivity contribution in [3.05, 3.63) is 12.7 Å². The molecular formula is C12H18N2O6S. The zero-order valence-corrected chi connectivity index (χ0v) is 11.9. The highest BCUT2D eigenvalue weighted by Gasteiger charge is 2.53. The Labute approximate surface area is 125 Å². The standard InChI is InChI=1S/C12H18N2O6S/c1-2-3-13-10(19)5-4-21-12-9(18)7(16)6(15)8(17)11(20)14(5)12/h2,5-9,12,15-18H,1,3-4H2,(H,13,19)/t5-,6-,7-,8-,9+,12+/m0/s1. The normalized spacial score (nSPS) is 39.6. The van der Waals surface area contributed by atoms with Gasteiger partial charge < -0.3 is 30.6 Å². The number of carbonyl (C=O) groups excluding carboxylic acids is 2. The third-order valence-electron chi connectivity index (χ3n) is 3.58. The highest BCUT2D eigenvalue weighted by atomic mass is 32.2. The van der Waals surface area contributed by atoms with Gasteiger partial charge in [-0.3, -0.25) is 9.59 Å². The number of rotatable bonds is 3. The van der Waals surface area contributed by atoms with E-state index < -0.39 is 47.6 Å². The Morgan fingerprint density at radius 2 is 2.00 bits per heavy atom. The van der Waals surface area contributed by atoms with Crippen LogP contribution in [-0.4, -0.2) is 85.3 Å². The summed E-state index contributed by atoms with van der Waals surface area (Å²) >= 11 is 1.12. The highest BCUT2D eigenvalue weighted by molar-refractivity contribution is 8.00. The molecule has 0 aromatic rings. The van der Waals surface area contributed by atoms with Crippen LogP contribution in [0.3, 0.4) is 0 Å². The average molecular weight is 318 g/mol. The molecule has 0 aromatic heterocycles. The van der Waals surface area contributed by atoms with Gasteiger partial charge in [-0.25, -0.2) is 0 Å². The monoisotopic (exact) mass is 318 g/mol. The summed E-state index contributed by atoms with van der Waals surface area (Å²) in [5.41, 5.74) is 0. The van der Waals surface area contributed by atoms with Crippen molar-refractivity contribution in [2.75, 3.05) is 12.3 Å². The number of hydrogen-bond acceptors (Lipinski definition) is 7. The van der Waals surface area contributed by atoms with Crippen molar-refractivity contribution in [3.63, 3.8) is 0 Å². The maximum absolute atomic E-state index is 12.2. The zero-order chi connectivity index (χ0) is 15.7. The number of aliphatic hydroxyl groups is 4. The van der Waals surface area contributed by atoms with Crippen LogP contribution in [0.4, 0.5) is 0 Å². The number of fused-ring (bicyclic) bond motifs is 1. The molecular weight excluding hydrogens is 300 g/mol. The van der Waals surface area contributed by atoms with E-state index in [1.807, 2.05) is 0 Å². The van der Waals surface area contributed by atoms with Gasteiger partial charge in [0.1, 0.15) is 29.7 Å². The third-order valence-corrected chi connectivity index (χ3v) is 4.94. The van der Waals surface area contributed by atoms with Crippen LogP contribution in [-0.2, 0) is 9.59 Å². The first-order valence-electron chi connectivity index (χ1n) is 6.44. The number of nitrogens with one attached hydrogen (secondary N) is 1. The molecule has 6 atom stereocenters. The highest BCUT2D eigenvalue weighted by Crippen LogP contribution is 2.36. The zero-order valence-electron chi connectivity index (χ0n) is 11.1. The molecule has 5 N–H and O–H groups in total. The van der Waals surface area contributed by atoms with Crippen LogP contribution >= 0.6 is 11.8 Å². The Hall–Kier alpha value is -1.13. The molecule has 21 heavy (non-hydrogen) atoms. The van der Waals surface area contributed by atoms with Crippen LogP contribution in [0, 0.1) is 0 Å². The topological polar surface area (TPSA) is 130 Å². The molecule has 118 valence electrons. The van der Waals surface area contributed by atoms with E-state index in [0.717, 1.165) is 16.7 Å². The number of aliphatic hydroxyl groups excluding tert-OH is 4. The van der Waals surface area contributed by atoms with Crippen molar-refractivity contribution in [2.24, 2.45) is 0 Å². The van der Waals surface area contributed by atoms with Crippen molar-refractivity contribution in [3.8, 4) is 0 Å². The molecule has 0 saturated carbocycles. The summed E-state index contributed by atoms with van der Waals surface area (Å²) in [6, 6.07) is -0.880. The predicted molar refractivity (Wildman–Crippen MR) is 74.1 cm³/mol. The van der Waals surface area contributed by atoms with E-state index >= 15 is 0 Å². The maximum atomic E-state index is 12.2. The molecule has 9 heteroatoms. The lowest BCUT2D eigenvalue weighted by atomic mass is 10.1. The molecule has 0 aliphatic carbocycles. The Kier molecular flexibility index (Phi) is 4.89. The summed E-state index contributed by atoms with van der Waals surface area (Å²) in [5, 5.41) is 40.9. The average Bonchev–Trinajstić information content (AvgIpc) is 2.91. The van der Waals surface area contributed by atoms with Crippen LogP contribution in [0.1, 0.15) is 0 Å². The van der Waals surface area contributed by atoms with Crippen molar-refractivity contribution >= 4 is 23.6 Å². The molecule has 2 saturated heterocycles. The second-order valence-corrected chi connectivity index (χ2v) is 6.09. The van der Waals surface area contributed by atoms with E-state index in [4.69, 9.17) is 0 Å². The second kappa shape index (κ2) is 6.32. The molecule has 2 fully saturated rings. The van der Waals surface area contributed by atoms with Crippen molar-refractivity contribution in [2.45, 2.75) is 35.8 Å². The first-order chi connectivity index (χ1) is 9.90. The molecule has 2 amide bonds. The molecule has 8 nitrogen and oxygen atoms in total. The number of hydrogen-bond donors (Lipinski definition) is 5. The molecule has 2 heterocycles. The fourth-order valence-corrected chi connectivity index (χ4v) is 3.88. The largest absolute Gasteiger partial charge is 0.387 e. The smallest absolute Gasteiger partial charge is 0.255 e. The number of thioether (sulfide) groups is 1. The summed E-state index contributed by atoms with van der Waals surface area (Å²) in [7, 11) is 0. The van der Waals surface area contributed by atoms with Crippen molar-refractivity contribution in [1.82, 2.24) is 10.2 Å². The fraction of sp³-hybridized carbons (Fsp3) is 0.667. The lowest BCUT2D eigenvalue weighted by Crippen LogP contribution is -2.54. The summed E-state index contributed by atoms with van der Waals surface area (Å²) in [5.74, 6) is -1.10. The van der Waals surface area contributed by atoms with Crippen LogP contribution in [0.2, 0.25) is 0 Å². The Bertz CT molecular complexity index is 447. The van der Waals surface area contributed by atoms with E-state index in [0.29, 0.717) is 0 Å². The minimum absolute atomic E-state index is 0.225. The summed E-state index contributed by atoms with van der Waals surface area (Å²) in [4.78, 5) is 25.3. The summed E-state index contributed by atoms with van der Waals surface area (Å²) < 4.78 is 0. The van der Waals surface area contributed by atoms with Gasteiger partial charge in [0, 0.05) is 12.3 Å². The molecule has 0 aromatic carbocycles. The number of amides is 2. The van der Waals surface area contributed by atoms with E-state index in [1.165, 1.54) is 6.08 Å². The Morgan fingerprint density at radius 3 is 2.62 bits per heavy atom. The van der Waals surface area contributed by atoms with Crippen molar-refractivity contribution in [1.29, 1.82) is 0 Å². The quantitative estimate of drug-likeness (QED) is 0.351. The van der Waals surface area contributed by atoms with Gasteiger partial charge in [0.2, 0.25) is 5.91 Å². The van der Waals surface area contributed by atoms with Gasteiger partial charge >= 0.3 is 0 Å². The molecule has 2 aliphatic rings. The summed E-state index contributed by atoms with van der Waals surface area (Å²) in [6.45, 7) is 3.69. The molecule has 0 bridgehead atoms. The third kappa shape index (κ3) is 2.79. The lowest BCUT2D eigenvalue weighted by Gasteiger charge is -2.29. The Balaban J connectivity index is 2.26. The minimum atomic E-state index is -1.88. The molecule has 2 rings (SSSR count). The van der Waals surface area contributed by atoms with E-state index in [1.54, 1.807) is 0 Å². The predicted octanol–water partition coefficient (Wildman–Crippen LogP) is -2.98. The van der Waals surface area contributed by atoms with Gasteiger partial charge in [0.25, 0.3) is 5.91 Å². The van der Waals surface area contributed by atoms with Gasteiger partial charge in [0.15, 0.2) is 6.10 Å². The maximum Gasteiger partial charge on any atom is 0.255 e. The SMILES string of the molecule is C=CCNC(=O)[C@@H]1CS[C@@H]2[C@H](O)[C@@H](O)[C@H](O)[C@H](O)C(=O)N21. The van der Waals surface area contributed by atoms with Gasteiger partial charge in [-0.05, 0) is 0 Å². The molecule has 2 aliphatic heterocycles. The molecule has 0 radical (unpaired) electrons. The lowest BCUT2D eigenvalue weighted by molar-refractivity contribution is -0.151. The van der Waals surface area contributed by atoms with Crippen LogP contribution in [0.15, 0.2) is 12.7 Å². The first-order valence-corrected chi connectivity index (χ1v) is 7.49. The van der Waals surface area contributed by atoms with Gasteiger partial charge in [-0.1, -0.05) is 6.08 Å². The van der Waals surface area contributed by atoms with Crippen LogP contribution in [0.25, 0.3) is 0 Å². The fourth-order valence-electron chi connectivity index (χ4n) is 2.42. The van der Waals surface area contributed by atoms with Crippen LogP contribution in [0.5, 0.6) is 0 Å². The Morgan fingerprint density at radius 1 is 1.33 bits per heavy atom. The molecule has 0 spiro atoms.